The Bertz CT molecular complexity index is 346. The molecule has 82 valence electrons. The summed E-state index contributed by atoms with van der Waals surface area (Å²) in [4.78, 5) is 0. The highest BCUT2D eigenvalue weighted by atomic mass is 16.5. The largest absolute Gasteiger partial charge is 0.491 e. The van der Waals surface area contributed by atoms with E-state index in [2.05, 4.69) is 44.3 Å². The second-order valence-electron chi connectivity index (χ2n) is 4.68. The zero-order chi connectivity index (χ0) is 10.8. The van der Waals surface area contributed by atoms with Crippen molar-refractivity contribution in [2.75, 3.05) is 18.5 Å². The van der Waals surface area contributed by atoms with E-state index in [-0.39, 0.29) is 0 Å². The summed E-state index contributed by atoms with van der Waals surface area (Å²) in [7, 11) is 0. The molecule has 0 aliphatic carbocycles. The second-order valence-corrected chi connectivity index (χ2v) is 4.68. The van der Waals surface area contributed by atoms with Crippen molar-refractivity contribution in [2.45, 2.75) is 26.7 Å². The van der Waals surface area contributed by atoms with Gasteiger partial charge in [-0.3, -0.25) is 0 Å². The molecule has 2 heteroatoms. The predicted molar refractivity (Wildman–Crippen MR) is 63.7 cm³/mol. The molecule has 1 aromatic rings. The summed E-state index contributed by atoms with van der Waals surface area (Å²) in [6, 6.07) is 6.35. The van der Waals surface area contributed by atoms with Crippen LogP contribution in [0.1, 0.15) is 32.3 Å². The number of rotatable bonds is 1. The first-order valence-corrected chi connectivity index (χ1v) is 5.68. The van der Waals surface area contributed by atoms with Gasteiger partial charge < -0.3 is 10.1 Å². The van der Waals surface area contributed by atoms with Crippen LogP contribution in [-0.2, 0) is 0 Å². The Morgan fingerprint density at radius 1 is 1.40 bits per heavy atom. The van der Waals surface area contributed by atoms with Gasteiger partial charge in [-0.1, -0.05) is 32.9 Å². The monoisotopic (exact) mass is 205 g/mol. The Balaban J connectivity index is 2.38. The zero-order valence-corrected chi connectivity index (χ0v) is 9.71. The minimum absolute atomic E-state index is 0.509. The van der Waals surface area contributed by atoms with Crippen LogP contribution >= 0.6 is 0 Å². The minimum atomic E-state index is 0.509. The highest BCUT2D eigenvalue weighted by Crippen LogP contribution is 2.35. The van der Waals surface area contributed by atoms with Gasteiger partial charge in [0, 0.05) is 12.5 Å². The first kappa shape index (κ1) is 10.3. The van der Waals surface area contributed by atoms with Crippen molar-refractivity contribution in [1.29, 1.82) is 0 Å². The first-order chi connectivity index (χ1) is 7.18. The van der Waals surface area contributed by atoms with Gasteiger partial charge in [-0.05, 0) is 17.5 Å². The summed E-state index contributed by atoms with van der Waals surface area (Å²) in [5.41, 5.74) is 2.44. The molecule has 2 nitrogen and oxygen atoms in total. The number of hydrogen-bond donors (Lipinski definition) is 1. The van der Waals surface area contributed by atoms with Crippen LogP contribution in [0.2, 0.25) is 0 Å². The first-order valence-electron chi connectivity index (χ1n) is 5.68. The lowest BCUT2D eigenvalue weighted by molar-refractivity contribution is 0.272. The van der Waals surface area contributed by atoms with Crippen LogP contribution in [-0.4, -0.2) is 13.2 Å². The molecule has 0 bridgehead atoms. The van der Waals surface area contributed by atoms with Crippen LogP contribution in [0.5, 0.6) is 5.75 Å². The van der Waals surface area contributed by atoms with Gasteiger partial charge in [0.15, 0.2) is 0 Å². The molecular weight excluding hydrogens is 186 g/mol. The third kappa shape index (κ3) is 2.09. The minimum Gasteiger partial charge on any atom is -0.491 e. The number of para-hydroxylation sites is 1. The fourth-order valence-corrected chi connectivity index (χ4v) is 1.88. The molecule has 0 fully saturated rings. The van der Waals surface area contributed by atoms with E-state index in [1.807, 2.05) is 0 Å². The maximum absolute atomic E-state index is 5.89. The fraction of sp³-hybridized carbons (Fsp3) is 0.538. The standard InChI is InChI=1S/C13H19NO/c1-9(2)11-5-4-6-12-13(11)15-8-10(3)7-14-12/h4-6,9-10,14H,7-8H2,1-3H3. The quantitative estimate of drug-likeness (QED) is 0.760. The lowest BCUT2D eigenvalue weighted by Crippen LogP contribution is -2.13. The molecule has 1 N–H and O–H groups in total. The molecule has 1 heterocycles. The van der Waals surface area contributed by atoms with E-state index in [9.17, 15) is 0 Å². The summed E-state index contributed by atoms with van der Waals surface area (Å²) < 4.78 is 5.89. The molecule has 1 aliphatic rings. The van der Waals surface area contributed by atoms with Gasteiger partial charge in [-0.2, -0.15) is 0 Å². The topological polar surface area (TPSA) is 21.3 Å². The van der Waals surface area contributed by atoms with Crippen molar-refractivity contribution in [2.24, 2.45) is 5.92 Å². The summed E-state index contributed by atoms with van der Waals surface area (Å²) in [6.07, 6.45) is 0. The van der Waals surface area contributed by atoms with Crippen molar-refractivity contribution in [3.63, 3.8) is 0 Å². The van der Waals surface area contributed by atoms with E-state index in [4.69, 9.17) is 4.74 Å². The van der Waals surface area contributed by atoms with E-state index in [0.29, 0.717) is 11.8 Å². The van der Waals surface area contributed by atoms with Gasteiger partial charge >= 0.3 is 0 Å². The average molecular weight is 205 g/mol. The molecular formula is C13H19NO. The highest BCUT2D eigenvalue weighted by Gasteiger charge is 2.17. The molecule has 0 saturated carbocycles. The molecule has 1 aromatic carbocycles. The second kappa shape index (κ2) is 4.13. The van der Waals surface area contributed by atoms with Gasteiger partial charge in [0.2, 0.25) is 0 Å². The van der Waals surface area contributed by atoms with Crippen LogP contribution in [0.15, 0.2) is 18.2 Å². The number of benzene rings is 1. The van der Waals surface area contributed by atoms with Gasteiger partial charge in [0.1, 0.15) is 5.75 Å². The van der Waals surface area contributed by atoms with E-state index in [0.717, 1.165) is 24.6 Å². The Labute approximate surface area is 91.6 Å². The smallest absolute Gasteiger partial charge is 0.145 e. The molecule has 2 rings (SSSR count). The fourth-order valence-electron chi connectivity index (χ4n) is 1.88. The maximum atomic E-state index is 5.89. The van der Waals surface area contributed by atoms with Gasteiger partial charge in [0.25, 0.3) is 0 Å². The highest BCUT2D eigenvalue weighted by molar-refractivity contribution is 5.61. The van der Waals surface area contributed by atoms with Crippen molar-refractivity contribution in [3.8, 4) is 5.75 Å². The number of hydrogen-bond acceptors (Lipinski definition) is 2. The molecule has 1 aliphatic heterocycles. The molecule has 15 heavy (non-hydrogen) atoms. The normalized spacial score (nSPS) is 20.1. The lowest BCUT2D eigenvalue weighted by atomic mass is 10.0. The van der Waals surface area contributed by atoms with Crippen molar-refractivity contribution >= 4 is 5.69 Å². The van der Waals surface area contributed by atoms with Gasteiger partial charge in [0.05, 0.1) is 12.3 Å². The molecule has 1 atom stereocenters. The van der Waals surface area contributed by atoms with E-state index < -0.39 is 0 Å². The van der Waals surface area contributed by atoms with Crippen LogP contribution in [0, 0.1) is 5.92 Å². The Hall–Kier alpha value is -1.18. The molecule has 0 saturated heterocycles. The van der Waals surface area contributed by atoms with Gasteiger partial charge in [-0.25, -0.2) is 0 Å². The van der Waals surface area contributed by atoms with E-state index >= 15 is 0 Å². The van der Waals surface area contributed by atoms with Crippen LogP contribution < -0.4 is 10.1 Å². The summed E-state index contributed by atoms with van der Waals surface area (Å²) in [6.45, 7) is 8.41. The van der Waals surface area contributed by atoms with Crippen molar-refractivity contribution < 1.29 is 4.74 Å². The summed E-state index contributed by atoms with van der Waals surface area (Å²) in [5, 5.41) is 3.45. The SMILES string of the molecule is CC1CNc2cccc(C(C)C)c2OC1. The van der Waals surface area contributed by atoms with Crippen molar-refractivity contribution in [1.82, 2.24) is 0 Å². The lowest BCUT2D eigenvalue weighted by Gasteiger charge is -2.15. The Kier molecular flexibility index (Phi) is 2.85. The van der Waals surface area contributed by atoms with Crippen LogP contribution in [0.4, 0.5) is 5.69 Å². The van der Waals surface area contributed by atoms with Gasteiger partial charge in [-0.15, -0.1) is 0 Å². The Morgan fingerprint density at radius 2 is 2.20 bits per heavy atom. The number of fused-ring (bicyclic) bond motifs is 1. The third-order valence-corrected chi connectivity index (χ3v) is 2.82. The zero-order valence-electron chi connectivity index (χ0n) is 9.71. The van der Waals surface area contributed by atoms with E-state index in [1.54, 1.807) is 0 Å². The number of ether oxygens (including phenoxy) is 1. The number of anilines is 1. The van der Waals surface area contributed by atoms with Crippen LogP contribution in [0.3, 0.4) is 0 Å². The predicted octanol–water partition coefficient (Wildman–Crippen LogP) is 3.25. The summed E-state index contributed by atoms with van der Waals surface area (Å²) in [5.74, 6) is 2.13. The van der Waals surface area contributed by atoms with Crippen LogP contribution in [0.25, 0.3) is 0 Å². The Morgan fingerprint density at radius 3 is 2.93 bits per heavy atom. The molecule has 0 radical (unpaired) electrons. The van der Waals surface area contributed by atoms with E-state index in [1.165, 1.54) is 5.56 Å². The molecule has 1 unspecified atom stereocenters. The average Bonchev–Trinajstić information content (AvgIpc) is 2.40. The van der Waals surface area contributed by atoms with Crippen molar-refractivity contribution in [3.05, 3.63) is 23.8 Å². The molecule has 0 amide bonds. The molecule has 0 aromatic heterocycles. The summed E-state index contributed by atoms with van der Waals surface area (Å²) >= 11 is 0. The maximum Gasteiger partial charge on any atom is 0.145 e. The third-order valence-electron chi connectivity index (χ3n) is 2.82. The molecule has 0 spiro atoms. The number of nitrogens with one attached hydrogen (secondary N) is 1.